The first-order valence-electron chi connectivity index (χ1n) is 4.72. The third-order valence-electron chi connectivity index (χ3n) is 1.84. The smallest absolute Gasteiger partial charge is 0.381 e. The Morgan fingerprint density at radius 1 is 1.12 bits per heavy atom. The molecule has 0 aliphatic carbocycles. The first kappa shape index (κ1) is 15.6. The maximum Gasteiger partial charge on any atom is 1.00 e. The number of halogens is 3. The molecule has 84 valence electrons. The van der Waals surface area contributed by atoms with Crippen molar-refractivity contribution in [1.82, 2.24) is 0 Å². The van der Waals surface area contributed by atoms with Crippen LogP contribution in [0.4, 0.5) is 13.2 Å². The molecule has 1 aromatic carbocycles. The largest absolute Gasteiger partial charge is 1.00 e. The molecule has 0 aromatic heterocycles. The van der Waals surface area contributed by atoms with E-state index in [1.807, 2.05) is 0 Å². The van der Waals surface area contributed by atoms with Crippen LogP contribution in [0.5, 0.6) is 0 Å². The zero-order valence-corrected chi connectivity index (χ0v) is 9.18. The third-order valence-corrected chi connectivity index (χ3v) is 1.84. The van der Waals surface area contributed by atoms with Crippen LogP contribution in [0.1, 0.15) is 18.4 Å². The van der Waals surface area contributed by atoms with Gasteiger partial charge in [-0.05, 0) is 12.8 Å². The SMILES string of the molecule is C1CCOC1.FC(F)(F)c1[c-]cccc1.[Li+]. The molecule has 2 rings (SSSR count). The Kier molecular flexibility index (Phi) is 7.57. The number of hydrogen-bond acceptors (Lipinski definition) is 1. The Balaban J connectivity index is 0.000000318. The van der Waals surface area contributed by atoms with Crippen LogP contribution in [0.2, 0.25) is 0 Å². The fourth-order valence-corrected chi connectivity index (χ4v) is 1.08. The quantitative estimate of drug-likeness (QED) is 0.455. The van der Waals surface area contributed by atoms with E-state index in [1.54, 1.807) is 0 Å². The summed E-state index contributed by atoms with van der Waals surface area (Å²) in [5.41, 5.74) is -0.727. The van der Waals surface area contributed by atoms with E-state index in [0.29, 0.717) is 0 Å². The molecule has 0 saturated carbocycles. The van der Waals surface area contributed by atoms with Crippen molar-refractivity contribution in [3.05, 3.63) is 35.9 Å². The van der Waals surface area contributed by atoms with Crippen molar-refractivity contribution in [2.45, 2.75) is 19.0 Å². The summed E-state index contributed by atoms with van der Waals surface area (Å²) in [6.45, 7) is 2.00. The van der Waals surface area contributed by atoms with Crippen LogP contribution in [-0.4, -0.2) is 13.2 Å². The molecule has 1 fully saturated rings. The van der Waals surface area contributed by atoms with Gasteiger partial charge in [0.25, 0.3) is 0 Å². The molecule has 0 unspecified atom stereocenters. The van der Waals surface area contributed by atoms with Crippen LogP contribution in [0, 0.1) is 6.07 Å². The van der Waals surface area contributed by atoms with Gasteiger partial charge >= 0.3 is 25.0 Å². The Bertz CT molecular complexity index is 263. The molecular formula is C11H12F3LiO. The van der Waals surface area contributed by atoms with Gasteiger partial charge in [0.05, 0.1) is 0 Å². The van der Waals surface area contributed by atoms with E-state index in [4.69, 9.17) is 4.74 Å². The Hall–Kier alpha value is -0.433. The maximum absolute atomic E-state index is 11.8. The predicted molar refractivity (Wildman–Crippen MR) is 50.3 cm³/mol. The van der Waals surface area contributed by atoms with Gasteiger partial charge in [-0.2, -0.15) is 43.5 Å². The van der Waals surface area contributed by atoms with Crippen molar-refractivity contribution in [2.24, 2.45) is 0 Å². The van der Waals surface area contributed by atoms with Crippen molar-refractivity contribution < 1.29 is 36.8 Å². The van der Waals surface area contributed by atoms with Crippen LogP contribution in [0.15, 0.2) is 24.3 Å². The minimum atomic E-state index is -4.26. The van der Waals surface area contributed by atoms with Crippen molar-refractivity contribution in [3.63, 3.8) is 0 Å². The number of rotatable bonds is 0. The molecule has 1 aliphatic heterocycles. The average molecular weight is 224 g/mol. The summed E-state index contributed by atoms with van der Waals surface area (Å²) in [4.78, 5) is 0. The molecule has 1 heterocycles. The normalized spacial score (nSPS) is 14.7. The Morgan fingerprint density at radius 3 is 2.00 bits per heavy atom. The van der Waals surface area contributed by atoms with Crippen LogP contribution >= 0.6 is 0 Å². The van der Waals surface area contributed by atoms with E-state index < -0.39 is 11.7 Å². The molecule has 1 saturated heterocycles. The molecular weight excluding hydrogens is 212 g/mol. The van der Waals surface area contributed by atoms with Crippen LogP contribution in [-0.2, 0) is 10.9 Å². The summed E-state index contributed by atoms with van der Waals surface area (Å²) >= 11 is 0. The van der Waals surface area contributed by atoms with Crippen LogP contribution in [0.25, 0.3) is 0 Å². The van der Waals surface area contributed by atoms with Crippen molar-refractivity contribution in [3.8, 4) is 0 Å². The molecule has 1 nitrogen and oxygen atoms in total. The zero-order valence-electron chi connectivity index (χ0n) is 9.18. The molecule has 16 heavy (non-hydrogen) atoms. The van der Waals surface area contributed by atoms with Gasteiger partial charge in [0.1, 0.15) is 0 Å². The van der Waals surface area contributed by atoms with Gasteiger partial charge in [0.15, 0.2) is 0 Å². The van der Waals surface area contributed by atoms with Gasteiger partial charge in [-0.15, -0.1) is 0 Å². The van der Waals surface area contributed by atoms with Crippen molar-refractivity contribution in [1.29, 1.82) is 0 Å². The molecule has 1 aliphatic rings. The summed E-state index contributed by atoms with van der Waals surface area (Å²) < 4.78 is 40.2. The van der Waals surface area contributed by atoms with Crippen molar-refractivity contribution >= 4 is 0 Å². The molecule has 0 N–H and O–H groups in total. The topological polar surface area (TPSA) is 9.23 Å². The van der Waals surface area contributed by atoms with E-state index in [-0.39, 0.29) is 18.9 Å². The molecule has 1 aromatic rings. The standard InChI is InChI=1S/C7H4F3.C4H8O.Li/c8-7(9,10)6-4-2-1-3-5-6;1-2-4-5-3-1;/h1-4H;1-4H2;/q-1;;+1. The summed E-state index contributed by atoms with van der Waals surface area (Å²) in [7, 11) is 0. The van der Waals surface area contributed by atoms with Crippen LogP contribution in [0.3, 0.4) is 0 Å². The van der Waals surface area contributed by atoms with E-state index in [1.165, 1.54) is 31.0 Å². The Morgan fingerprint density at radius 2 is 1.75 bits per heavy atom. The number of alkyl halides is 3. The number of ether oxygens (including phenoxy) is 1. The Labute approximate surface area is 105 Å². The predicted octanol–water partition coefficient (Wildman–Crippen LogP) is 0.306. The second-order valence-corrected chi connectivity index (χ2v) is 3.09. The summed E-state index contributed by atoms with van der Waals surface area (Å²) in [6, 6.07) is 7.14. The minimum absolute atomic E-state index is 0. The first-order chi connectivity index (χ1) is 7.11. The first-order valence-corrected chi connectivity index (χ1v) is 4.72. The molecule has 0 bridgehead atoms. The van der Waals surface area contributed by atoms with Crippen molar-refractivity contribution in [2.75, 3.05) is 13.2 Å². The molecule has 0 spiro atoms. The summed E-state index contributed by atoms with van der Waals surface area (Å²) in [6.07, 6.45) is -1.71. The molecule has 5 heteroatoms. The molecule has 0 amide bonds. The van der Waals surface area contributed by atoms with Crippen LogP contribution < -0.4 is 18.9 Å². The van der Waals surface area contributed by atoms with E-state index in [0.717, 1.165) is 19.3 Å². The minimum Gasteiger partial charge on any atom is -0.381 e. The molecule has 0 atom stereocenters. The zero-order chi connectivity index (χ0) is 11.1. The van der Waals surface area contributed by atoms with Gasteiger partial charge in [-0.3, -0.25) is 0 Å². The third kappa shape index (κ3) is 6.22. The van der Waals surface area contributed by atoms with Gasteiger partial charge in [-0.1, -0.05) is 5.56 Å². The fraction of sp³-hybridized carbons (Fsp3) is 0.455. The van der Waals surface area contributed by atoms with Gasteiger partial charge < -0.3 is 4.74 Å². The second kappa shape index (κ2) is 7.78. The van der Waals surface area contributed by atoms with Gasteiger partial charge in [0, 0.05) is 13.2 Å². The van der Waals surface area contributed by atoms with Gasteiger partial charge in [0.2, 0.25) is 0 Å². The number of benzene rings is 1. The van der Waals surface area contributed by atoms with E-state index >= 15 is 0 Å². The summed E-state index contributed by atoms with van der Waals surface area (Å²) in [5.74, 6) is 0. The van der Waals surface area contributed by atoms with E-state index in [9.17, 15) is 13.2 Å². The number of hydrogen-bond donors (Lipinski definition) is 0. The second-order valence-electron chi connectivity index (χ2n) is 3.09. The average Bonchev–Trinajstić information content (AvgIpc) is 2.76. The monoisotopic (exact) mass is 224 g/mol. The van der Waals surface area contributed by atoms with E-state index in [2.05, 4.69) is 6.07 Å². The summed E-state index contributed by atoms with van der Waals surface area (Å²) in [5, 5.41) is 0. The van der Waals surface area contributed by atoms with Gasteiger partial charge in [-0.25, -0.2) is 0 Å². The maximum atomic E-state index is 11.8. The fourth-order valence-electron chi connectivity index (χ4n) is 1.08. The molecule has 0 radical (unpaired) electrons.